The van der Waals surface area contributed by atoms with Gasteiger partial charge in [-0.1, -0.05) is 28.1 Å². The molecule has 2 aromatic carbocycles. The number of methoxy groups -OCH3 is 1. The van der Waals surface area contributed by atoms with Crippen molar-refractivity contribution in [3.8, 4) is 11.5 Å². The second-order valence-corrected chi connectivity index (χ2v) is 6.24. The Morgan fingerprint density at radius 3 is 2.78 bits per heavy atom. The lowest BCUT2D eigenvalue weighted by atomic mass is 10.2. The number of phenolic OH excluding ortho intramolecular Hbond substituents is 1. The Balaban J connectivity index is 1.83. The highest BCUT2D eigenvalue weighted by molar-refractivity contribution is 9.10. The quantitative estimate of drug-likeness (QED) is 0.457. The van der Waals surface area contributed by atoms with E-state index >= 15 is 0 Å². The van der Waals surface area contributed by atoms with Crippen molar-refractivity contribution in [1.29, 1.82) is 0 Å². The van der Waals surface area contributed by atoms with E-state index in [-0.39, 0.29) is 30.0 Å². The summed E-state index contributed by atoms with van der Waals surface area (Å²) in [4.78, 5) is 23.6. The molecule has 0 atom stereocenters. The lowest BCUT2D eigenvalue weighted by Crippen LogP contribution is -2.29. The summed E-state index contributed by atoms with van der Waals surface area (Å²) in [6.07, 6.45) is 1.21. The summed E-state index contributed by atoms with van der Waals surface area (Å²) in [5, 5.41) is 16.2. The molecule has 142 valence electrons. The summed E-state index contributed by atoms with van der Waals surface area (Å²) >= 11 is 3.27. The van der Waals surface area contributed by atoms with Crippen LogP contribution in [0.15, 0.2) is 46.0 Å². The average molecular weight is 438 g/mol. The van der Waals surface area contributed by atoms with Gasteiger partial charge in [0.2, 0.25) is 5.91 Å². The monoisotopic (exact) mass is 437 g/mol. The van der Waals surface area contributed by atoms with Crippen LogP contribution in [0.25, 0.3) is 0 Å². The van der Waals surface area contributed by atoms with Gasteiger partial charge in [-0.25, -0.2) is 9.82 Å². The van der Waals surface area contributed by atoms with Crippen LogP contribution in [0.2, 0.25) is 0 Å². The highest BCUT2D eigenvalue weighted by Gasteiger charge is 2.11. The van der Waals surface area contributed by atoms with Crippen LogP contribution in [0.5, 0.6) is 11.5 Å². The second kappa shape index (κ2) is 9.67. The summed E-state index contributed by atoms with van der Waals surface area (Å²) in [7, 11) is 1.42. The Bertz CT molecular complexity index is 874. The van der Waals surface area contributed by atoms with Gasteiger partial charge in [0, 0.05) is 23.0 Å². The first-order valence-corrected chi connectivity index (χ1v) is 8.62. The highest BCUT2D eigenvalue weighted by Crippen LogP contribution is 2.32. The number of amides is 2. The smallest absolute Gasteiger partial charge is 0.254 e. The van der Waals surface area contributed by atoms with E-state index in [2.05, 4.69) is 31.8 Å². The van der Waals surface area contributed by atoms with E-state index < -0.39 is 17.6 Å². The molecule has 0 saturated carbocycles. The van der Waals surface area contributed by atoms with Crippen molar-refractivity contribution in [1.82, 2.24) is 10.7 Å². The molecule has 0 unspecified atom stereocenters. The van der Waals surface area contributed by atoms with Crippen molar-refractivity contribution in [2.75, 3.05) is 13.7 Å². The molecule has 2 aromatic rings. The zero-order chi connectivity index (χ0) is 19.8. The van der Waals surface area contributed by atoms with Gasteiger partial charge >= 0.3 is 0 Å². The molecule has 0 aromatic heterocycles. The standard InChI is InChI=1S/C18H17BrFN3O4/c1-27-15-9-12(19)8-11(17(15)25)10-22-23-16(24)6-7-21-18(26)13-4-2-3-5-14(13)20/h2-5,8-10,25H,6-7H2,1H3,(H,21,26)(H,23,24)/b22-10+. The maximum Gasteiger partial charge on any atom is 0.254 e. The lowest BCUT2D eigenvalue weighted by Gasteiger charge is -2.07. The molecule has 0 spiro atoms. The molecule has 0 aliphatic rings. The number of hydrogen-bond acceptors (Lipinski definition) is 5. The van der Waals surface area contributed by atoms with Crippen LogP contribution >= 0.6 is 15.9 Å². The maximum atomic E-state index is 13.5. The van der Waals surface area contributed by atoms with Crippen molar-refractivity contribution < 1.29 is 23.8 Å². The van der Waals surface area contributed by atoms with Crippen molar-refractivity contribution in [3.05, 3.63) is 57.8 Å². The third-order valence-electron chi connectivity index (χ3n) is 3.44. The number of nitrogens with one attached hydrogen (secondary N) is 2. The molecule has 0 bridgehead atoms. The van der Waals surface area contributed by atoms with Crippen molar-refractivity contribution in [2.24, 2.45) is 5.10 Å². The molecule has 0 aliphatic carbocycles. The molecule has 0 heterocycles. The number of aromatic hydroxyl groups is 1. The fraction of sp³-hybridized carbons (Fsp3) is 0.167. The minimum absolute atomic E-state index is 0.0183. The van der Waals surface area contributed by atoms with Gasteiger partial charge in [-0.3, -0.25) is 9.59 Å². The van der Waals surface area contributed by atoms with Crippen LogP contribution in [0.4, 0.5) is 4.39 Å². The first kappa shape index (κ1) is 20.4. The largest absolute Gasteiger partial charge is 0.504 e. The molecule has 0 radical (unpaired) electrons. The number of nitrogens with zero attached hydrogens (tertiary/aromatic N) is 1. The molecular formula is C18H17BrFN3O4. The number of phenols is 1. The van der Waals surface area contributed by atoms with Gasteiger partial charge in [-0.05, 0) is 24.3 Å². The number of rotatable bonds is 7. The molecule has 0 fully saturated rings. The number of carbonyl (C=O) groups excluding carboxylic acids is 2. The molecule has 27 heavy (non-hydrogen) atoms. The summed E-state index contributed by atoms with van der Waals surface area (Å²) in [6.45, 7) is 0.0183. The number of carbonyl (C=O) groups is 2. The van der Waals surface area contributed by atoms with Crippen LogP contribution in [-0.4, -0.2) is 36.8 Å². The molecule has 0 saturated heterocycles. The average Bonchev–Trinajstić information content (AvgIpc) is 2.64. The van der Waals surface area contributed by atoms with Crippen LogP contribution in [-0.2, 0) is 4.79 Å². The molecule has 2 amide bonds. The Kier molecular flexibility index (Phi) is 7.30. The lowest BCUT2D eigenvalue weighted by molar-refractivity contribution is -0.120. The Hall–Kier alpha value is -2.94. The van der Waals surface area contributed by atoms with Crippen LogP contribution in [0.1, 0.15) is 22.3 Å². The summed E-state index contributed by atoms with van der Waals surface area (Å²) < 4.78 is 19.2. The summed E-state index contributed by atoms with van der Waals surface area (Å²) in [5.41, 5.74) is 2.53. The van der Waals surface area contributed by atoms with Gasteiger partial charge < -0.3 is 15.2 Å². The van der Waals surface area contributed by atoms with Gasteiger partial charge in [-0.15, -0.1) is 0 Å². The molecule has 2 rings (SSSR count). The Labute approximate surface area is 163 Å². The molecule has 9 heteroatoms. The minimum Gasteiger partial charge on any atom is -0.504 e. The van der Waals surface area contributed by atoms with E-state index in [1.165, 1.54) is 31.5 Å². The first-order chi connectivity index (χ1) is 12.9. The Morgan fingerprint density at radius 1 is 1.33 bits per heavy atom. The van der Waals surface area contributed by atoms with E-state index in [9.17, 15) is 19.1 Å². The predicted molar refractivity (Wildman–Crippen MR) is 101 cm³/mol. The number of hydrazone groups is 1. The third-order valence-corrected chi connectivity index (χ3v) is 3.90. The zero-order valence-corrected chi connectivity index (χ0v) is 15.9. The van der Waals surface area contributed by atoms with Gasteiger partial charge in [0.05, 0.1) is 18.9 Å². The van der Waals surface area contributed by atoms with E-state index in [1.54, 1.807) is 18.2 Å². The van der Waals surface area contributed by atoms with Crippen molar-refractivity contribution in [3.63, 3.8) is 0 Å². The fourth-order valence-electron chi connectivity index (χ4n) is 2.11. The van der Waals surface area contributed by atoms with E-state index in [4.69, 9.17) is 4.74 Å². The maximum absolute atomic E-state index is 13.5. The predicted octanol–water partition coefficient (Wildman–Crippen LogP) is 2.57. The van der Waals surface area contributed by atoms with Crippen LogP contribution in [0.3, 0.4) is 0 Å². The van der Waals surface area contributed by atoms with Crippen molar-refractivity contribution >= 4 is 34.0 Å². The SMILES string of the molecule is COc1cc(Br)cc(/C=N/NC(=O)CCNC(=O)c2ccccc2F)c1O. The molecule has 7 nitrogen and oxygen atoms in total. The highest BCUT2D eigenvalue weighted by atomic mass is 79.9. The zero-order valence-electron chi connectivity index (χ0n) is 14.3. The Morgan fingerprint density at radius 2 is 2.07 bits per heavy atom. The van der Waals surface area contributed by atoms with E-state index in [1.807, 2.05) is 0 Å². The van der Waals surface area contributed by atoms with Gasteiger partial charge in [0.1, 0.15) is 5.82 Å². The first-order valence-electron chi connectivity index (χ1n) is 7.83. The molecule has 0 aliphatic heterocycles. The summed E-state index contributed by atoms with van der Waals surface area (Å²) in [5.74, 6) is -1.55. The number of hydrogen-bond donors (Lipinski definition) is 3. The normalized spacial score (nSPS) is 10.6. The van der Waals surface area contributed by atoms with Gasteiger partial charge in [0.15, 0.2) is 11.5 Å². The minimum atomic E-state index is -0.631. The van der Waals surface area contributed by atoms with Gasteiger partial charge in [0.25, 0.3) is 5.91 Å². The van der Waals surface area contributed by atoms with Crippen LogP contribution in [0, 0.1) is 5.82 Å². The second-order valence-electron chi connectivity index (χ2n) is 5.32. The van der Waals surface area contributed by atoms with Crippen LogP contribution < -0.4 is 15.5 Å². The van der Waals surface area contributed by atoms with E-state index in [0.29, 0.717) is 10.0 Å². The number of ether oxygens (including phenoxy) is 1. The molecule has 3 N–H and O–H groups in total. The van der Waals surface area contributed by atoms with Crippen molar-refractivity contribution in [2.45, 2.75) is 6.42 Å². The number of halogens is 2. The summed E-state index contributed by atoms with van der Waals surface area (Å²) in [6, 6.07) is 8.75. The fourth-order valence-corrected chi connectivity index (χ4v) is 2.56. The third kappa shape index (κ3) is 5.78. The topological polar surface area (TPSA) is 100 Å². The molecular weight excluding hydrogens is 421 g/mol. The number of benzene rings is 2. The van der Waals surface area contributed by atoms with E-state index in [0.717, 1.165) is 0 Å². The van der Waals surface area contributed by atoms with Gasteiger partial charge in [-0.2, -0.15) is 5.10 Å².